The van der Waals surface area contributed by atoms with Crippen molar-refractivity contribution in [1.82, 2.24) is 4.98 Å². The summed E-state index contributed by atoms with van der Waals surface area (Å²) in [5.74, 6) is 0.238. The minimum Gasteiger partial charge on any atom is -0.310 e. The second-order valence-electron chi connectivity index (χ2n) is 10.5. The molecule has 2 aromatic rings. The normalized spacial score (nSPS) is 22.7. The first-order chi connectivity index (χ1) is 16.8. The van der Waals surface area contributed by atoms with Gasteiger partial charge in [0.2, 0.25) is 5.91 Å². The van der Waals surface area contributed by atoms with Crippen LogP contribution in [0.4, 0.5) is 15.9 Å². The van der Waals surface area contributed by atoms with E-state index in [2.05, 4.69) is 15.3 Å². The molecule has 2 saturated carbocycles. The average molecular weight is 496 g/mol. The lowest BCUT2D eigenvalue weighted by molar-refractivity contribution is -0.123. The van der Waals surface area contributed by atoms with E-state index < -0.39 is 0 Å². The highest BCUT2D eigenvalue weighted by Gasteiger charge is 2.44. The predicted molar refractivity (Wildman–Crippen MR) is 137 cm³/mol. The number of rotatable bonds is 5. The highest BCUT2D eigenvalue weighted by atomic mass is 35.5. The Morgan fingerprint density at radius 2 is 1.94 bits per heavy atom. The monoisotopic (exact) mass is 495 g/mol. The molecule has 1 N–H and O–H groups in total. The quantitative estimate of drug-likeness (QED) is 0.477. The Morgan fingerprint density at radius 1 is 1.17 bits per heavy atom. The molecule has 184 valence electrons. The van der Waals surface area contributed by atoms with E-state index >= 15 is 4.39 Å². The zero-order chi connectivity index (χ0) is 24.7. The maximum Gasteiger partial charge on any atom is 0.228 e. The molecule has 1 spiro atoms. The molecule has 2 fully saturated rings. The molecule has 3 aliphatic rings. The molecule has 2 atom stereocenters. The predicted octanol–water partition coefficient (Wildman–Crippen LogP) is 7.18. The van der Waals surface area contributed by atoms with E-state index in [9.17, 15) is 9.59 Å². The van der Waals surface area contributed by atoms with Gasteiger partial charge in [0.1, 0.15) is 23.1 Å². The van der Waals surface area contributed by atoms with Gasteiger partial charge in [-0.3, -0.25) is 9.79 Å². The van der Waals surface area contributed by atoms with Crippen molar-refractivity contribution in [2.75, 3.05) is 5.32 Å². The van der Waals surface area contributed by atoms with Crippen molar-refractivity contribution < 1.29 is 14.0 Å². The van der Waals surface area contributed by atoms with E-state index in [1.807, 2.05) is 13.0 Å². The summed E-state index contributed by atoms with van der Waals surface area (Å²) < 4.78 is 15.2. The number of aromatic nitrogens is 1. The van der Waals surface area contributed by atoms with E-state index in [1.165, 1.54) is 12.3 Å². The van der Waals surface area contributed by atoms with Gasteiger partial charge in [-0.05, 0) is 81.2 Å². The van der Waals surface area contributed by atoms with Gasteiger partial charge in [-0.2, -0.15) is 0 Å². The van der Waals surface area contributed by atoms with Crippen LogP contribution in [0.1, 0.15) is 77.2 Å². The van der Waals surface area contributed by atoms with Gasteiger partial charge in [-0.1, -0.05) is 30.9 Å². The van der Waals surface area contributed by atoms with Gasteiger partial charge in [0.25, 0.3) is 0 Å². The van der Waals surface area contributed by atoms with Gasteiger partial charge in [0.15, 0.2) is 0 Å². The van der Waals surface area contributed by atoms with Gasteiger partial charge in [-0.15, -0.1) is 0 Å². The molecular weight excluding hydrogens is 465 g/mol. The molecule has 5 nitrogen and oxygen atoms in total. The van der Waals surface area contributed by atoms with Gasteiger partial charge >= 0.3 is 0 Å². The Morgan fingerprint density at radius 3 is 2.69 bits per heavy atom. The number of aliphatic imine (C=N–C) groups is 1. The van der Waals surface area contributed by atoms with Crippen molar-refractivity contribution in [2.24, 2.45) is 16.8 Å². The number of amides is 1. The standard InChI is InChI=1S/C28H31ClFN3O2/c1-16(34)10-18-6-5-7-19(11-18)27(35)33-25-14-21(23(29)15-31-25)20-12-22-26(24(30)13-20)32-17(2)28(22)8-3-4-9-28/h12-15,18-19H,3-11H2,1-2H3,(H,31,33,35)/t18-,19-/m0/s1. The van der Waals surface area contributed by atoms with E-state index in [0.29, 0.717) is 40.5 Å². The molecule has 35 heavy (non-hydrogen) atoms. The van der Waals surface area contributed by atoms with Crippen molar-refractivity contribution in [1.29, 1.82) is 0 Å². The minimum atomic E-state index is -0.349. The fraction of sp³-hybridized carbons (Fsp3) is 0.500. The molecule has 1 amide bonds. The highest BCUT2D eigenvalue weighted by molar-refractivity contribution is 6.33. The second-order valence-corrected chi connectivity index (χ2v) is 10.9. The van der Waals surface area contributed by atoms with Crippen LogP contribution >= 0.6 is 11.6 Å². The number of carbonyl (C=O) groups is 2. The number of pyridine rings is 1. The summed E-state index contributed by atoms with van der Waals surface area (Å²) in [6, 6.07) is 5.22. The number of hydrogen-bond donors (Lipinski definition) is 1. The Bertz CT molecular complexity index is 1220. The minimum absolute atomic E-state index is 0.0897. The van der Waals surface area contributed by atoms with Crippen molar-refractivity contribution in [3.05, 3.63) is 40.8 Å². The van der Waals surface area contributed by atoms with Gasteiger partial charge in [0, 0.05) is 35.2 Å². The van der Waals surface area contributed by atoms with Gasteiger partial charge < -0.3 is 10.1 Å². The lowest BCUT2D eigenvalue weighted by Crippen LogP contribution is -2.29. The number of carbonyl (C=O) groups excluding carboxylic acids is 2. The van der Waals surface area contributed by atoms with E-state index in [4.69, 9.17) is 11.6 Å². The van der Waals surface area contributed by atoms with Crippen LogP contribution in [0.3, 0.4) is 0 Å². The average Bonchev–Trinajstić information content (AvgIpc) is 3.42. The summed E-state index contributed by atoms with van der Waals surface area (Å²) in [5.41, 5.74) is 3.50. The summed E-state index contributed by atoms with van der Waals surface area (Å²) >= 11 is 6.51. The molecule has 7 heteroatoms. The Labute approximate surface area is 210 Å². The summed E-state index contributed by atoms with van der Waals surface area (Å²) in [5, 5.41) is 3.34. The Balaban J connectivity index is 1.40. The Hall–Kier alpha value is -2.60. The first-order valence-electron chi connectivity index (χ1n) is 12.6. The van der Waals surface area contributed by atoms with Crippen LogP contribution in [-0.4, -0.2) is 22.4 Å². The van der Waals surface area contributed by atoms with Crippen LogP contribution in [0.25, 0.3) is 11.1 Å². The van der Waals surface area contributed by atoms with Crippen molar-refractivity contribution in [3.63, 3.8) is 0 Å². The van der Waals surface area contributed by atoms with Crippen molar-refractivity contribution in [2.45, 2.75) is 77.0 Å². The van der Waals surface area contributed by atoms with Crippen molar-refractivity contribution >= 4 is 40.5 Å². The molecule has 2 aliphatic carbocycles. The van der Waals surface area contributed by atoms with Crippen LogP contribution in [0.5, 0.6) is 0 Å². The number of hydrogen-bond acceptors (Lipinski definition) is 4. The van der Waals surface area contributed by atoms with Crippen molar-refractivity contribution in [3.8, 4) is 11.1 Å². The third-order valence-electron chi connectivity index (χ3n) is 8.16. The topological polar surface area (TPSA) is 71.4 Å². The second kappa shape index (κ2) is 9.45. The molecule has 0 radical (unpaired) electrons. The zero-order valence-electron chi connectivity index (χ0n) is 20.3. The maximum absolute atomic E-state index is 15.2. The molecule has 1 aromatic heterocycles. The SMILES string of the molecule is CC(=O)C[C@@H]1CCC[C@H](C(=O)Nc2cc(-c3cc(F)c4c(c3)C3(CCCC3)C(C)=N4)c(Cl)cn2)C1. The molecular formula is C28H31ClFN3O2. The Kier molecular flexibility index (Phi) is 6.51. The number of anilines is 1. The summed E-state index contributed by atoms with van der Waals surface area (Å²) in [6.07, 6.45) is 9.66. The summed E-state index contributed by atoms with van der Waals surface area (Å²) in [7, 11) is 0. The van der Waals surface area contributed by atoms with E-state index in [1.54, 1.807) is 13.0 Å². The third kappa shape index (κ3) is 4.53. The lowest BCUT2D eigenvalue weighted by atomic mass is 9.76. The van der Waals surface area contributed by atoms with E-state index in [-0.39, 0.29) is 34.8 Å². The maximum atomic E-state index is 15.2. The lowest BCUT2D eigenvalue weighted by Gasteiger charge is -2.27. The number of ketones is 1. The molecule has 2 heterocycles. The third-order valence-corrected chi connectivity index (χ3v) is 8.46. The van der Waals surface area contributed by atoms with Gasteiger partial charge in [-0.25, -0.2) is 9.37 Å². The smallest absolute Gasteiger partial charge is 0.228 e. The number of fused-ring (bicyclic) bond motifs is 2. The first-order valence-corrected chi connectivity index (χ1v) is 13.0. The van der Waals surface area contributed by atoms with E-state index in [0.717, 1.165) is 56.2 Å². The summed E-state index contributed by atoms with van der Waals surface area (Å²) in [4.78, 5) is 33.4. The molecule has 0 saturated heterocycles. The molecule has 5 rings (SSSR count). The van der Waals surface area contributed by atoms with Crippen LogP contribution in [0.2, 0.25) is 5.02 Å². The number of nitrogens with zero attached hydrogens (tertiary/aromatic N) is 2. The van der Waals surface area contributed by atoms with Crippen LogP contribution in [0.15, 0.2) is 29.4 Å². The molecule has 1 aliphatic heterocycles. The molecule has 0 unspecified atom stereocenters. The number of benzene rings is 1. The zero-order valence-corrected chi connectivity index (χ0v) is 21.1. The molecule has 1 aromatic carbocycles. The number of Topliss-reactive ketones (excluding diaryl/α,β-unsaturated/α-hetero) is 1. The fourth-order valence-corrected chi connectivity index (χ4v) is 6.60. The number of nitrogens with one attached hydrogen (secondary N) is 1. The first kappa shape index (κ1) is 24.1. The highest BCUT2D eigenvalue weighted by Crippen LogP contribution is 2.52. The van der Waals surface area contributed by atoms with Crippen LogP contribution in [-0.2, 0) is 15.0 Å². The van der Waals surface area contributed by atoms with Crippen LogP contribution < -0.4 is 5.32 Å². The fourth-order valence-electron chi connectivity index (χ4n) is 6.39. The molecule has 0 bridgehead atoms. The van der Waals surface area contributed by atoms with Crippen LogP contribution in [0, 0.1) is 17.7 Å². The summed E-state index contributed by atoms with van der Waals surface area (Å²) in [6.45, 7) is 3.61. The van der Waals surface area contributed by atoms with Gasteiger partial charge in [0.05, 0.1) is 5.02 Å². The largest absolute Gasteiger partial charge is 0.310 e. The number of halogens is 2.